The van der Waals surface area contributed by atoms with Crippen molar-refractivity contribution in [3.8, 4) is 11.3 Å². The molecule has 1 aliphatic rings. The summed E-state index contributed by atoms with van der Waals surface area (Å²) in [5, 5.41) is 6.21. The lowest BCUT2D eigenvalue weighted by Crippen LogP contribution is -2.42. The zero-order valence-electron chi connectivity index (χ0n) is 17.7. The van der Waals surface area contributed by atoms with E-state index in [9.17, 15) is 4.79 Å². The molecule has 160 valence electrons. The number of aromatic nitrogens is 1. The molecule has 1 fully saturated rings. The van der Waals surface area contributed by atoms with Crippen LogP contribution in [0.3, 0.4) is 0 Å². The van der Waals surface area contributed by atoms with E-state index in [4.69, 9.17) is 4.74 Å². The van der Waals surface area contributed by atoms with Gasteiger partial charge >= 0.3 is 6.03 Å². The molecular weight excluding hydrogens is 388 g/mol. The summed E-state index contributed by atoms with van der Waals surface area (Å²) in [7, 11) is 1.71. The Morgan fingerprint density at radius 3 is 2.52 bits per heavy atom. The maximum atomic E-state index is 13.0. The first kappa shape index (κ1) is 21.0. The second-order valence-corrected chi connectivity index (χ2v) is 7.74. The van der Waals surface area contributed by atoms with Crippen molar-refractivity contribution in [2.24, 2.45) is 0 Å². The fraction of sp³-hybridized carbons (Fsp3) is 0.280. The topological polar surface area (TPSA) is 66.5 Å². The van der Waals surface area contributed by atoms with Crippen LogP contribution in [0.4, 0.5) is 10.5 Å². The maximum absolute atomic E-state index is 13.0. The van der Waals surface area contributed by atoms with Crippen LogP contribution >= 0.6 is 0 Å². The van der Waals surface area contributed by atoms with E-state index in [-0.39, 0.29) is 18.0 Å². The van der Waals surface area contributed by atoms with Crippen molar-refractivity contribution < 1.29 is 9.53 Å². The van der Waals surface area contributed by atoms with Crippen molar-refractivity contribution in [3.63, 3.8) is 0 Å². The fourth-order valence-corrected chi connectivity index (χ4v) is 4.13. The minimum absolute atomic E-state index is 0.0103. The molecule has 2 atom stereocenters. The summed E-state index contributed by atoms with van der Waals surface area (Å²) in [5.74, 6) is 0.228. The number of benzene rings is 2. The number of carbonyl (C=O) groups is 1. The molecule has 2 heterocycles. The summed E-state index contributed by atoms with van der Waals surface area (Å²) in [4.78, 5) is 19.8. The van der Waals surface area contributed by atoms with E-state index in [1.165, 1.54) is 5.56 Å². The zero-order chi connectivity index (χ0) is 21.5. The molecule has 0 bridgehead atoms. The highest BCUT2D eigenvalue weighted by atomic mass is 16.5. The van der Waals surface area contributed by atoms with Crippen molar-refractivity contribution >= 4 is 11.7 Å². The van der Waals surface area contributed by atoms with Gasteiger partial charge in [0.2, 0.25) is 0 Å². The number of carbonyl (C=O) groups excluding carboxylic acids is 1. The van der Waals surface area contributed by atoms with Gasteiger partial charge in [-0.1, -0.05) is 60.7 Å². The van der Waals surface area contributed by atoms with E-state index in [0.29, 0.717) is 12.3 Å². The van der Waals surface area contributed by atoms with Crippen LogP contribution in [0.1, 0.15) is 11.5 Å². The monoisotopic (exact) mass is 416 g/mol. The molecule has 6 nitrogen and oxygen atoms in total. The Balaban J connectivity index is 1.48. The largest absolute Gasteiger partial charge is 0.383 e. The van der Waals surface area contributed by atoms with Gasteiger partial charge in [-0.25, -0.2) is 4.79 Å². The summed E-state index contributed by atoms with van der Waals surface area (Å²) < 4.78 is 5.25. The molecule has 2 amide bonds. The average Bonchev–Trinajstić information content (AvgIpc) is 3.21. The number of hydrogen-bond acceptors (Lipinski definition) is 4. The quantitative estimate of drug-likeness (QED) is 0.611. The lowest BCUT2D eigenvalue weighted by atomic mass is 9.94. The Kier molecular flexibility index (Phi) is 6.92. The van der Waals surface area contributed by atoms with Crippen molar-refractivity contribution in [2.75, 3.05) is 38.7 Å². The summed E-state index contributed by atoms with van der Waals surface area (Å²) in [5.41, 5.74) is 3.65. The number of anilines is 1. The average molecular weight is 417 g/mol. The van der Waals surface area contributed by atoms with Gasteiger partial charge in [0.1, 0.15) is 0 Å². The van der Waals surface area contributed by atoms with Gasteiger partial charge in [-0.3, -0.25) is 9.88 Å². The Morgan fingerprint density at radius 1 is 1.03 bits per heavy atom. The summed E-state index contributed by atoms with van der Waals surface area (Å²) >= 11 is 0. The van der Waals surface area contributed by atoms with Gasteiger partial charge in [0.25, 0.3) is 0 Å². The number of nitrogens with zero attached hydrogens (tertiary/aromatic N) is 2. The Labute approximate surface area is 183 Å². The van der Waals surface area contributed by atoms with E-state index in [1.54, 1.807) is 13.3 Å². The molecule has 6 heteroatoms. The molecule has 2 aromatic carbocycles. The van der Waals surface area contributed by atoms with Gasteiger partial charge < -0.3 is 15.4 Å². The van der Waals surface area contributed by atoms with Gasteiger partial charge in [-0.05, 0) is 17.7 Å². The molecular formula is C25H28N4O2. The highest BCUT2D eigenvalue weighted by Crippen LogP contribution is 2.28. The Bertz CT molecular complexity index is 981. The number of nitrogens with one attached hydrogen (secondary N) is 2. The van der Waals surface area contributed by atoms with Crippen LogP contribution in [0.25, 0.3) is 11.3 Å². The predicted molar refractivity (Wildman–Crippen MR) is 123 cm³/mol. The molecule has 31 heavy (non-hydrogen) atoms. The first-order valence-corrected chi connectivity index (χ1v) is 10.6. The van der Waals surface area contributed by atoms with Crippen molar-refractivity contribution in [1.82, 2.24) is 15.2 Å². The van der Waals surface area contributed by atoms with E-state index in [1.807, 2.05) is 60.7 Å². The second-order valence-electron chi connectivity index (χ2n) is 7.74. The predicted octanol–water partition coefficient (Wildman–Crippen LogP) is 3.98. The van der Waals surface area contributed by atoms with Crippen molar-refractivity contribution in [1.29, 1.82) is 0 Å². The van der Waals surface area contributed by atoms with Crippen LogP contribution in [0.2, 0.25) is 0 Å². The Morgan fingerprint density at radius 2 is 1.77 bits per heavy atom. The molecule has 1 saturated heterocycles. The standard InChI is InChI=1S/C25H28N4O2/c1-31-16-15-29-17-21(19-9-4-2-5-10-19)23(18-29)28-25(30)27-22-13-8-14-26-24(22)20-11-6-3-7-12-20/h2-14,21,23H,15-18H2,1H3,(H2,27,28,30)/t21-,23+/m0/s1. The molecule has 0 spiro atoms. The normalized spacial score (nSPS) is 18.6. The molecule has 0 saturated carbocycles. The maximum Gasteiger partial charge on any atom is 0.319 e. The van der Waals surface area contributed by atoms with Crippen LogP contribution < -0.4 is 10.6 Å². The highest BCUT2D eigenvalue weighted by Gasteiger charge is 2.34. The number of ether oxygens (including phenoxy) is 1. The molecule has 0 aliphatic carbocycles. The SMILES string of the molecule is COCCN1C[C@@H](NC(=O)Nc2cccnc2-c2ccccc2)[C@H](c2ccccc2)C1. The van der Waals surface area contributed by atoms with Gasteiger partial charge in [-0.15, -0.1) is 0 Å². The van der Waals surface area contributed by atoms with E-state index in [0.717, 1.165) is 30.9 Å². The number of urea groups is 1. The van der Waals surface area contributed by atoms with Crippen LogP contribution in [-0.4, -0.2) is 55.3 Å². The molecule has 0 unspecified atom stereocenters. The van der Waals surface area contributed by atoms with Crippen molar-refractivity contribution in [3.05, 3.63) is 84.6 Å². The molecule has 1 aliphatic heterocycles. The number of pyridine rings is 1. The Hall–Kier alpha value is -3.22. The molecule has 0 radical (unpaired) electrons. The van der Waals surface area contributed by atoms with Crippen LogP contribution in [0.5, 0.6) is 0 Å². The zero-order valence-corrected chi connectivity index (χ0v) is 17.7. The van der Waals surface area contributed by atoms with Crippen molar-refractivity contribution in [2.45, 2.75) is 12.0 Å². The van der Waals surface area contributed by atoms with Crippen LogP contribution in [0.15, 0.2) is 79.0 Å². The molecule has 2 N–H and O–H groups in total. The number of likely N-dealkylation sites (tertiary alicyclic amines) is 1. The third-order valence-electron chi connectivity index (χ3n) is 5.65. The smallest absolute Gasteiger partial charge is 0.319 e. The van der Waals surface area contributed by atoms with Crippen LogP contribution in [-0.2, 0) is 4.74 Å². The van der Waals surface area contributed by atoms with E-state index < -0.39 is 0 Å². The minimum atomic E-state index is -0.218. The fourth-order valence-electron chi connectivity index (χ4n) is 4.13. The summed E-state index contributed by atoms with van der Waals surface area (Å²) in [6.07, 6.45) is 1.74. The van der Waals surface area contributed by atoms with Gasteiger partial charge in [-0.2, -0.15) is 0 Å². The number of methoxy groups -OCH3 is 1. The van der Waals surface area contributed by atoms with Crippen LogP contribution in [0, 0.1) is 0 Å². The summed E-state index contributed by atoms with van der Waals surface area (Å²) in [6, 6.07) is 23.7. The first-order chi connectivity index (χ1) is 15.2. The van der Waals surface area contributed by atoms with E-state index in [2.05, 4.69) is 32.7 Å². The lowest BCUT2D eigenvalue weighted by molar-refractivity contribution is 0.159. The molecule has 4 rings (SSSR count). The van der Waals surface area contributed by atoms with E-state index >= 15 is 0 Å². The van der Waals surface area contributed by atoms with Gasteiger partial charge in [0.15, 0.2) is 0 Å². The number of hydrogen-bond donors (Lipinski definition) is 2. The third-order valence-corrected chi connectivity index (χ3v) is 5.65. The first-order valence-electron chi connectivity index (χ1n) is 10.6. The number of rotatable bonds is 7. The minimum Gasteiger partial charge on any atom is -0.383 e. The second kappa shape index (κ2) is 10.2. The highest BCUT2D eigenvalue weighted by molar-refractivity contribution is 5.93. The van der Waals surface area contributed by atoms with Gasteiger partial charge in [0.05, 0.1) is 24.0 Å². The third kappa shape index (κ3) is 5.29. The summed E-state index contributed by atoms with van der Waals surface area (Å²) in [6.45, 7) is 3.20. The van der Waals surface area contributed by atoms with Gasteiger partial charge in [0, 0.05) is 44.4 Å². The molecule has 1 aromatic heterocycles. The number of amides is 2. The molecule has 3 aromatic rings. The lowest BCUT2D eigenvalue weighted by Gasteiger charge is -2.21.